The van der Waals surface area contributed by atoms with Gasteiger partial charge in [0.25, 0.3) is 0 Å². The molecule has 0 aliphatic carbocycles. The van der Waals surface area contributed by atoms with Gasteiger partial charge in [0.15, 0.2) is 0 Å². The minimum absolute atomic E-state index is 0.0631. The number of rotatable bonds is 4. The van der Waals surface area contributed by atoms with Gasteiger partial charge < -0.3 is 5.32 Å². The number of aryl methyl sites for hydroxylation is 1. The van der Waals surface area contributed by atoms with E-state index in [2.05, 4.69) is 22.4 Å². The first-order valence-electron chi connectivity index (χ1n) is 9.18. The molecule has 2 nitrogen and oxygen atoms in total. The standard InChI is InChI=1S/C24H18F3N2/c1-16-5-2-6-17(13-16)15-29-19-8-3-7-18(14-19)20-11-12-28-23-21(20)9-4-10-22(23)24(25,26)27/h2-10,12-14,29H,15H2,1H3. The zero-order chi connectivity index (χ0) is 20.4. The number of pyridine rings is 1. The molecule has 3 aromatic carbocycles. The van der Waals surface area contributed by atoms with Crippen LogP contribution in [0.4, 0.5) is 18.9 Å². The summed E-state index contributed by atoms with van der Waals surface area (Å²) in [6, 6.07) is 22.9. The number of benzene rings is 3. The Labute approximate surface area is 167 Å². The van der Waals surface area contributed by atoms with Gasteiger partial charge in [-0.05, 0) is 36.2 Å². The van der Waals surface area contributed by atoms with Crippen LogP contribution >= 0.6 is 0 Å². The molecule has 0 bridgehead atoms. The molecule has 0 amide bonds. The van der Waals surface area contributed by atoms with Crippen molar-refractivity contribution in [1.82, 2.24) is 4.98 Å². The van der Waals surface area contributed by atoms with Crippen LogP contribution in [-0.4, -0.2) is 4.98 Å². The van der Waals surface area contributed by atoms with Crippen molar-refractivity contribution in [1.29, 1.82) is 0 Å². The second kappa shape index (κ2) is 7.59. The van der Waals surface area contributed by atoms with Crippen LogP contribution in [0.15, 0.2) is 72.9 Å². The number of alkyl halides is 3. The fourth-order valence-electron chi connectivity index (χ4n) is 3.40. The first-order valence-corrected chi connectivity index (χ1v) is 9.18. The van der Waals surface area contributed by atoms with Gasteiger partial charge in [-0.15, -0.1) is 0 Å². The van der Waals surface area contributed by atoms with Crippen molar-refractivity contribution in [2.75, 3.05) is 5.32 Å². The van der Waals surface area contributed by atoms with Crippen LogP contribution in [0, 0.1) is 13.0 Å². The molecular formula is C24H18F3N2. The molecular weight excluding hydrogens is 373 g/mol. The van der Waals surface area contributed by atoms with Crippen LogP contribution in [0.1, 0.15) is 16.7 Å². The third kappa shape index (κ3) is 4.09. The number of halogens is 3. The molecule has 1 N–H and O–H groups in total. The second-order valence-corrected chi connectivity index (χ2v) is 6.90. The van der Waals surface area contributed by atoms with E-state index in [9.17, 15) is 13.2 Å². The van der Waals surface area contributed by atoms with E-state index in [1.807, 2.05) is 49.4 Å². The van der Waals surface area contributed by atoms with Crippen LogP contribution in [0.25, 0.3) is 22.0 Å². The van der Waals surface area contributed by atoms with Crippen LogP contribution in [0.2, 0.25) is 0 Å². The maximum Gasteiger partial charge on any atom is 0.418 e. The van der Waals surface area contributed by atoms with E-state index < -0.39 is 11.7 Å². The summed E-state index contributed by atoms with van der Waals surface area (Å²) in [6.45, 7) is 2.70. The Morgan fingerprint density at radius 2 is 1.76 bits per heavy atom. The Morgan fingerprint density at radius 1 is 0.966 bits per heavy atom. The lowest BCUT2D eigenvalue weighted by molar-refractivity contribution is -0.136. The third-order valence-corrected chi connectivity index (χ3v) is 4.74. The molecule has 0 aliphatic heterocycles. The van der Waals surface area contributed by atoms with Gasteiger partial charge in [-0.2, -0.15) is 13.2 Å². The predicted molar refractivity (Wildman–Crippen MR) is 110 cm³/mol. The maximum absolute atomic E-state index is 13.3. The van der Waals surface area contributed by atoms with Crippen molar-refractivity contribution in [2.24, 2.45) is 0 Å². The lowest BCUT2D eigenvalue weighted by atomic mass is 9.98. The highest BCUT2D eigenvalue weighted by molar-refractivity contribution is 5.96. The van der Waals surface area contributed by atoms with Gasteiger partial charge in [0.05, 0.1) is 11.1 Å². The molecule has 29 heavy (non-hydrogen) atoms. The van der Waals surface area contributed by atoms with Crippen molar-refractivity contribution in [3.8, 4) is 11.1 Å². The SMILES string of the molecule is Cc1cccc(CNc2cccc(-c3[c]cnc4c(C(F)(F)F)cccc34)c2)c1. The fourth-order valence-corrected chi connectivity index (χ4v) is 3.40. The Balaban J connectivity index is 1.69. The highest BCUT2D eigenvalue weighted by Crippen LogP contribution is 2.37. The molecule has 0 unspecified atom stereocenters. The highest BCUT2D eigenvalue weighted by atomic mass is 19.4. The first kappa shape index (κ1) is 19.0. The van der Waals surface area contributed by atoms with Crippen molar-refractivity contribution < 1.29 is 13.2 Å². The number of para-hydroxylation sites is 1. The molecule has 0 fully saturated rings. The fraction of sp³-hybridized carbons (Fsp3) is 0.125. The lowest BCUT2D eigenvalue weighted by Crippen LogP contribution is -2.06. The summed E-state index contributed by atoms with van der Waals surface area (Å²) in [5, 5.41) is 3.80. The molecule has 4 rings (SSSR count). The maximum atomic E-state index is 13.3. The number of fused-ring (bicyclic) bond motifs is 1. The van der Waals surface area contributed by atoms with Gasteiger partial charge in [-0.25, -0.2) is 0 Å². The van der Waals surface area contributed by atoms with Crippen LogP contribution in [-0.2, 0) is 12.7 Å². The smallest absolute Gasteiger partial charge is 0.381 e. The van der Waals surface area contributed by atoms with Crippen molar-refractivity contribution in [3.05, 3.63) is 95.7 Å². The summed E-state index contributed by atoms with van der Waals surface area (Å²) in [4.78, 5) is 3.95. The van der Waals surface area contributed by atoms with E-state index in [0.29, 0.717) is 17.5 Å². The van der Waals surface area contributed by atoms with Gasteiger partial charge in [-0.3, -0.25) is 4.98 Å². The molecule has 1 aromatic heterocycles. The van der Waals surface area contributed by atoms with E-state index in [-0.39, 0.29) is 5.52 Å². The molecule has 0 atom stereocenters. The summed E-state index contributed by atoms with van der Waals surface area (Å²) >= 11 is 0. The molecule has 0 saturated heterocycles. The van der Waals surface area contributed by atoms with Crippen LogP contribution in [0.5, 0.6) is 0 Å². The average molecular weight is 391 g/mol. The molecule has 0 aliphatic rings. The normalized spacial score (nSPS) is 11.6. The predicted octanol–water partition coefficient (Wildman–Crippen LogP) is 6.64. The molecule has 1 radical (unpaired) electrons. The van der Waals surface area contributed by atoms with E-state index in [1.54, 1.807) is 6.07 Å². The monoisotopic (exact) mass is 391 g/mol. The quantitative estimate of drug-likeness (QED) is 0.422. The number of hydrogen-bond donors (Lipinski definition) is 1. The van der Waals surface area contributed by atoms with E-state index >= 15 is 0 Å². The second-order valence-electron chi connectivity index (χ2n) is 6.90. The number of aromatic nitrogens is 1. The van der Waals surface area contributed by atoms with Crippen LogP contribution < -0.4 is 5.32 Å². The Kier molecular flexibility index (Phi) is 4.97. The van der Waals surface area contributed by atoms with Gasteiger partial charge in [0.2, 0.25) is 0 Å². The minimum Gasteiger partial charge on any atom is -0.381 e. The summed E-state index contributed by atoms with van der Waals surface area (Å²) in [6.07, 6.45) is -3.15. The molecule has 0 spiro atoms. The first-order chi connectivity index (χ1) is 13.9. The van der Waals surface area contributed by atoms with Crippen LogP contribution in [0.3, 0.4) is 0 Å². The molecule has 4 aromatic rings. The van der Waals surface area contributed by atoms with Crippen molar-refractivity contribution >= 4 is 16.6 Å². The number of anilines is 1. The Bertz CT molecular complexity index is 1170. The highest BCUT2D eigenvalue weighted by Gasteiger charge is 2.33. The topological polar surface area (TPSA) is 24.9 Å². The summed E-state index contributed by atoms with van der Waals surface area (Å²) in [7, 11) is 0. The van der Waals surface area contributed by atoms with Gasteiger partial charge in [-0.1, -0.05) is 54.1 Å². The summed E-state index contributed by atoms with van der Waals surface area (Å²) in [5.41, 5.74) is 3.81. The van der Waals surface area contributed by atoms with E-state index in [0.717, 1.165) is 22.9 Å². The Hall–Kier alpha value is -3.34. The van der Waals surface area contributed by atoms with Crippen molar-refractivity contribution in [2.45, 2.75) is 19.6 Å². The summed E-state index contributed by atoms with van der Waals surface area (Å²) < 4.78 is 40.0. The zero-order valence-corrected chi connectivity index (χ0v) is 15.7. The van der Waals surface area contributed by atoms with E-state index in [1.165, 1.54) is 17.8 Å². The zero-order valence-electron chi connectivity index (χ0n) is 15.7. The third-order valence-electron chi connectivity index (χ3n) is 4.74. The largest absolute Gasteiger partial charge is 0.418 e. The minimum atomic E-state index is -4.46. The number of nitrogens with one attached hydrogen (secondary N) is 1. The van der Waals surface area contributed by atoms with Gasteiger partial charge in [0, 0.05) is 35.4 Å². The van der Waals surface area contributed by atoms with Gasteiger partial charge in [0.1, 0.15) is 0 Å². The van der Waals surface area contributed by atoms with Crippen molar-refractivity contribution in [3.63, 3.8) is 0 Å². The average Bonchev–Trinajstić information content (AvgIpc) is 2.71. The number of hydrogen-bond acceptors (Lipinski definition) is 2. The lowest BCUT2D eigenvalue weighted by Gasteiger charge is -2.13. The molecule has 1 heterocycles. The Morgan fingerprint density at radius 3 is 2.55 bits per heavy atom. The molecule has 145 valence electrons. The molecule has 0 saturated carbocycles. The summed E-state index contributed by atoms with van der Waals surface area (Å²) in [5.74, 6) is 0. The van der Waals surface area contributed by atoms with E-state index in [4.69, 9.17) is 0 Å². The molecule has 5 heteroatoms. The number of nitrogens with zero attached hydrogens (tertiary/aromatic N) is 1. The van der Waals surface area contributed by atoms with Gasteiger partial charge >= 0.3 is 6.18 Å².